The molecule has 0 aromatic carbocycles. The van der Waals surface area contributed by atoms with Crippen molar-refractivity contribution >= 4 is 11.9 Å². The summed E-state index contributed by atoms with van der Waals surface area (Å²) in [7, 11) is 0. The standard InChI is InChI=1S/C8H12N2O3/c11-7-6(4-9-7)10-3-1-2-5(10)8(12)13/h5-6H,1-4H2,(H,9,11)(H,12,13)/t5-,6-/m0/s1. The van der Waals surface area contributed by atoms with Crippen LogP contribution in [-0.2, 0) is 9.59 Å². The number of nitrogens with one attached hydrogen (secondary N) is 1. The summed E-state index contributed by atoms with van der Waals surface area (Å²) in [6, 6.07) is -0.639. The molecule has 2 aliphatic rings. The molecule has 0 spiro atoms. The van der Waals surface area contributed by atoms with Crippen LogP contribution in [0, 0.1) is 0 Å². The van der Waals surface area contributed by atoms with E-state index in [1.165, 1.54) is 0 Å². The van der Waals surface area contributed by atoms with Gasteiger partial charge in [-0.15, -0.1) is 0 Å². The Bertz CT molecular complexity index is 254. The number of carboxylic acids is 1. The number of carbonyl (C=O) groups excluding carboxylic acids is 1. The molecule has 1 amide bonds. The maximum absolute atomic E-state index is 11.0. The van der Waals surface area contributed by atoms with Crippen LogP contribution in [0.4, 0.5) is 0 Å². The summed E-state index contributed by atoms with van der Waals surface area (Å²) >= 11 is 0. The van der Waals surface area contributed by atoms with Crippen molar-refractivity contribution in [3.8, 4) is 0 Å². The van der Waals surface area contributed by atoms with E-state index in [2.05, 4.69) is 5.32 Å². The van der Waals surface area contributed by atoms with Crippen molar-refractivity contribution in [2.24, 2.45) is 0 Å². The topological polar surface area (TPSA) is 69.6 Å². The number of nitrogens with zero attached hydrogens (tertiary/aromatic N) is 1. The van der Waals surface area contributed by atoms with Crippen molar-refractivity contribution < 1.29 is 14.7 Å². The number of carbonyl (C=O) groups is 2. The zero-order chi connectivity index (χ0) is 9.42. The Morgan fingerprint density at radius 1 is 1.62 bits per heavy atom. The van der Waals surface area contributed by atoms with Gasteiger partial charge >= 0.3 is 5.97 Å². The minimum atomic E-state index is -0.808. The lowest BCUT2D eigenvalue weighted by molar-refractivity contribution is -0.146. The van der Waals surface area contributed by atoms with Crippen LogP contribution in [-0.4, -0.2) is 47.1 Å². The number of likely N-dealkylation sites (tertiary alicyclic amines) is 1. The Morgan fingerprint density at radius 3 is 2.85 bits per heavy atom. The number of rotatable bonds is 2. The monoisotopic (exact) mass is 184 g/mol. The molecule has 0 saturated carbocycles. The van der Waals surface area contributed by atoms with Gasteiger partial charge in [-0.05, 0) is 19.4 Å². The van der Waals surface area contributed by atoms with E-state index in [1.54, 1.807) is 4.90 Å². The summed E-state index contributed by atoms with van der Waals surface area (Å²) in [6.07, 6.45) is 1.54. The maximum atomic E-state index is 11.0. The van der Waals surface area contributed by atoms with Gasteiger partial charge in [-0.1, -0.05) is 0 Å². The smallest absolute Gasteiger partial charge is 0.320 e. The van der Waals surface area contributed by atoms with Crippen molar-refractivity contribution in [1.29, 1.82) is 0 Å². The molecule has 2 heterocycles. The summed E-state index contributed by atoms with van der Waals surface area (Å²) < 4.78 is 0. The van der Waals surface area contributed by atoms with E-state index in [-0.39, 0.29) is 11.9 Å². The highest BCUT2D eigenvalue weighted by molar-refractivity contribution is 5.88. The first-order chi connectivity index (χ1) is 6.20. The van der Waals surface area contributed by atoms with E-state index in [9.17, 15) is 9.59 Å². The van der Waals surface area contributed by atoms with Gasteiger partial charge in [0.05, 0.1) is 0 Å². The maximum Gasteiger partial charge on any atom is 0.320 e. The van der Waals surface area contributed by atoms with Crippen LogP contribution >= 0.6 is 0 Å². The van der Waals surface area contributed by atoms with E-state index < -0.39 is 12.0 Å². The number of β-lactam (4-membered cyclic amide) rings is 1. The highest BCUT2D eigenvalue weighted by atomic mass is 16.4. The number of amides is 1. The average molecular weight is 184 g/mol. The second-order valence-corrected chi connectivity index (χ2v) is 3.50. The number of carboxylic acid groups (broad SMARTS) is 1. The molecule has 0 bridgehead atoms. The quantitative estimate of drug-likeness (QED) is 0.542. The summed E-state index contributed by atoms with van der Waals surface area (Å²) in [5, 5.41) is 11.5. The van der Waals surface area contributed by atoms with Crippen LogP contribution < -0.4 is 5.32 Å². The molecule has 2 saturated heterocycles. The van der Waals surface area contributed by atoms with Crippen LogP contribution in [0.5, 0.6) is 0 Å². The van der Waals surface area contributed by atoms with Crippen molar-refractivity contribution in [2.45, 2.75) is 24.9 Å². The molecule has 2 rings (SSSR count). The van der Waals surface area contributed by atoms with Gasteiger partial charge in [-0.2, -0.15) is 0 Å². The van der Waals surface area contributed by atoms with Crippen LogP contribution in [0.1, 0.15) is 12.8 Å². The molecular formula is C8H12N2O3. The zero-order valence-electron chi connectivity index (χ0n) is 7.19. The summed E-state index contributed by atoms with van der Waals surface area (Å²) in [5.41, 5.74) is 0. The lowest BCUT2D eigenvalue weighted by Crippen LogP contribution is -2.63. The molecule has 2 fully saturated rings. The van der Waals surface area contributed by atoms with Gasteiger partial charge in [0.1, 0.15) is 12.1 Å². The molecular weight excluding hydrogens is 172 g/mol. The summed E-state index contributed by atoms with van der Waals surface area (Å²) in [4.78, 5) is 23.6. The average Bonchev–Trinajstić information content (AvgIpc) is 2.50. The molecule has 2 N–H and O–H groups in total. The fourth-order valence-electron chi connectivity index (χ4n) is 1.97. The second-order valence-electron chi connectivity index (χ2n) is 3.50. The Kier molecular flexibility index (Phi) is 1.95. The van der Waals surface area contributed by atoms with Gasteiger partial charge in [0.2, 0.25) is 5.91 Å². The molecule has 0 unspecified atom stereocenters. The predicted octanol–water partition coefficient (Wildman–Crippen LogP) is -0.966. The lowest BCUT2D eigenvalue weighted by Gasteiger charge is -2.36. The second kappa shape index (κ2) is 2.99. The van der Waals surface area contributed by atoms with E-state index in [4.69, 9.17) is 5.11 Å². The van der Waals surface area contributed by atoms with Gasteiger partial charge in [-0.3, -0.25) is 14.5 Å². The molecule has 2 atom stereocenters. The normalized spacial score (nSPS) is 34.0. The predicted molar refractivity (Wildman–Crippen MR) is 44.2 cm³/mol. The molecule has 72 valence electrons. The molecule has 5 nitrogen and oxygen atoms in total. The molecule has 5 heteroatoms. The summed E-state index contributed by atoms with van der Waals surface area (Å²) in [6.45, 7) is 1.33. The Labute approximate surface area is 75.7 Å². The van der Waals surface area contributed by atoms with Gasteiger partial charge in [-0.25, -0.2) is 0 Å². The van der Waals surface area contributed by atoms with E-state index in [1.807, 2.05) is 0 Å². The zero-order valence-corrected chi connectivity index (χ0v) is 7.19. The molecule has 0 radical (unpaired) electrons. The molecule has 2 aliphatic heterocycles. The first-order valence-electron chi connectivity index (χ1n) is 4.46. The fourth-order valence-corrected chi connectivity index (χ4v) is 1.97. The minimum absolute atomic E-state index is 0.0341. The molecule has 0 aromatic rings. The van der Waals surface area contributed by atoms with Crippen LogP contribution in [0.2, 0.25) is 0 Å². The van der Waals surface area contributed by atoms with E-state index in [0.717, 1.165) is 13.0 Å². The first kappa shape index (κ1) is 8.50. The Balaban J connectivity index is 2.05. The third kappa shape index (κ3) is 1.29. The van der Waals surface area contributed by atoms with Crippen LogP contribution in [0.25, 0.3) is 0 Å². The Morgan fingerprint density at radius 2 is 2.38 bits per heavy atom. The fraction of sp³-hybridized carbons (Fsp3) is 0.750. The van der Waals surface area contributed by atoms with E-state index >= 15 is 0 Å². The van der Waals surface area contributed by atoms with Crippen molar-refractivity contribution in [3.63, 3.8) is 0 Å². The number of hydrogen-bond donors (Lipinski definition) is 2. The number of aliphatic carboxylic acids is 1. The number of hydrogen-bond acceptors (Lipinski definition) is 3. The van der Waals surface area contributed by atoms with Gasteiger partial charge < -0.3 is 10.4 Å². The van der Waals surface area contributed by atoms with Gasteiger partial charge in [0.15, 0.2) is 0 Å². The third-order valence-corrected chi connectivity index (χ3v) is 2.75. The van der Waals surface area contributed by atoms with E-state index in [0.29, 0.717) is 13.0 Å². The van der Waals surface area contributed by atoms with Crippen molar-refractivity contribution in [1.82, 2.24) is 10.2 Å². The highest BCUT2D eigenvalue weighted by Gasteiger charge is 2.42. The van der Waals surface area contributed by atoms with Crippen molar-refractivity contribution in [2.75, 3.05) is 13.1 Å². The van der Waals surface area contributed by atoms with Crippen molar-refractivity contribution in [3.05, 3.63) is 0 Å². The van der Waals surface area contributed by atoms with Gasteiger partial charge in [0, 0.05) is 6.54 Å². The molecule has 13 heavy (non-hydrogen) atoms. The third-order valence-electron chi connectivity index (χ3n) is 2.75. The Hall–Kier alpha value is -1.10. The van der Waals surface area contributed by atoms with Crippen LogP contribution in [0.15, 0.2) is 0 Å². The lowest BCUT2D eigenvalue weighted by atomic mass is 10.1. The summed E-state index contributed by atoms with van der Waals surface area (Å²) in [5.74, 6) is -0.842. The largest absolute Gasteiger partial charge is 0.480 e. The molecule has 0 aliphatic carbocycles. The highest BCUT2D eigenvalue weighted by Crippen LogP contribution is 2.22. The minimum Gasteiger partial charge on any atom is -0.480 e. The van der Waals surface area contributed by atoms with Gasteiger partial charge in [0.25, 0.3) is 0 Å². The first-order valence-corrected chi connectivity index (χ1v) is 4.46. The van der Waals surface area contributed by atoms with Crippen LogP contribution in [0.3, 0.4) is 0 Å². The molecule has 0 aromatic heterocycles. The SMILES string of the molecule is O=C(O)[C@@H]1CCCN1[C@H]1CNC1=O.